The van der Waals surface area contributed by atoms with E-state index in [1.54, 1.807) is 42.6 Å². The third-order valence-electron chi connectivity index (χ3n) is 6.47. The van der Waals surface area contributed by atoms with Gasteiger partial charge in [0.1, 0.15) is 17.2 Å². The number of carbonyl (C=O) groups is 2. The zero-order chi connectivity index (χ0) is 29.1. The van der Waals surface area contributed by atoms with E-state index in [0.29, 0.717) is 31.1 Å². The van der Waals surface area contributed by atoms with Crippen LogP contribution >= 0.6 is 0 Å². The van der Waals surface area contributed by atoms with Crippen LogP contribution in [0.4, 0.5) is 0 Å². The molecule has 3 rings (SSSR count). The van der Waals surface area contributed by atoms with Crippen LogP contribution in [0.25, 0.3) is 11.3 Å². The van der Waals surface area contributed by atoms with E-state index >= 15 is 0 Å². The van der Waals surface area contributed by atoms with Crippen LogP contribution in [0.3, 0.4) is 0 Å². The Bertz CT molecular complexity index is 1190. The van der Waals surface area contributed by atoms with Crippen LogP contribution in [0.2, 0.25) is 0 Å². The minimum atomic E-state index is -0.417. The Morgan fingerprint density at radius 3 is 1.88 bits per heavy atom. The van der Waals surface area contributed by atoms with Crippen LogP contribution in [0.15, 0.2) is 79.5 Å². The summed E-state index contributed by atoms with van der Waals surface area (Å²) < 4.78 is 21.8. The molecular formula is C34H41NO6. The molecule has 1 heterocycles. The third kappa shape index (κ3) is 11.9. The van der Waals surface area contributed by atoms with Crippen molar-refractivity contribution in [1.29, 1.82) is 0 Å². The second kappa shape index (κ2) is 18.3. The number of nitrogens with zero attached hydrogens (tertiary/aromatic N) is 1. The zero-order valence-corrected chi connectivity index (χ0v) is 24.0. The lowest BCUT2D eigenvalue weighted by Gasteiger charge is -2.08. The van der Waals surface area contributed by atoms with Gasteiger partial charge in [0.05, 0.1) is 37.3 Å². The number of ether oxygens (including phenoxy) is 4. The first-order chi connectivity index (χ1) is 20.1. The second-order valence-corrected chi connectivity index (χ2v) is 9.65. The SMILES string of the molecule is C=CC(=O)OCCCCCCCCCCCOc1ccc(C(=O)Oc2ccc(-c3ccc(OCC)cn3)cc2)cc1. The standard InChI is InChI=1S/C34H41NO6/c1-3-33(36)40-25-13-11-9-7-5-6-8-10-12-24-39-29-18-16-28(17-19-29)34(37)41-30-20-14-27(15-21-30)32-23-22-31(26-35-32)38-4-2/h3,14-23,26H,1,4-13,24-25H2,2H3. The molecule has 7 nitrogen and oxygen atoms in total. The fourth-order valence-corrected chi connectivity index (χ4v) is 4.21. The maximum atomic E-state index is 12.6. The molecule has 3 aromatic rings. The monoisotopic (exact) mass is 559 g/mol. The second-order valence-electron chi connectivity index (χ2n) is 9.65. The van der Waals surface area contributed by atoms with Crippen LogP contribution < -0.4 is 14.2 Å². The van der Waals surface area contributed by atoms with E-state index in [4.69, 9.17) is 18.9 Å². The highest BCUT2D eigenvalue weighted by molar-refractivity contribution is 5.91. The van der Waals surface area contributed by atoms with Gasteiger partial charge in [-0.3, -0.25) is 4.98 Å². The fourth-order valence-electron chi connectivity index (χ4n) is 4.21. The summed E-state index contributed by atoms with van der Waals surface area (Å²) >= 11 is 0. The third-order valence-corrected chi connectivity index (χ3v) is 6.47. The molecule has 0 bridgehead atoms. The fraction of sp³-hybridized carbons (Fsp3) is 0.382. The van der Waals surface area contributed by atoms with Gasteiger partial charge in [0.2, 0.25) is 0 Å². The van der Waals surface area contributed by atoms with Gasteiger partial charge in [-0.15, -0.1) is 0 Å². The molecule has 218 valence electrons. The van der Waals surface area contributed by atoms with Crippen molar-refractivity contribution in [2.75, 3.05) is 19.8 Å². The maximum absolute atomic E-state index is 12.6. The molecule has 0 spiro atoms. The molecule has 0 fully saturated rings. The molecule has 0 saturated carbocycles. The first kappa shape index (κ1) is 31.4. The predicted molar refractivity (Wildman–Crippen MR) is 160 cm³/mol. The summed E-state index contributed by atoms with van der Waals surface area (Å²) in [5.41, 5.74) is 2.20. The Morgan fingerprint density at radius 1 is 0.707 bits per heavy atom. The molecule has 1 aromatic heterocycles. The van der Waals surface area contributed by atoms with E-state index in [1.165, 1.54) is 38.2 Å². The summed E-state index contributed by atoms with van der Waals surface area (Å²) in [6, 6.07) is 18.1. The molecule has 0 unspecified atom stereocenters. The van der Waals surface area contributed by atoms with Gasteiger partial charge in [0.15, 0.2) is 0 Å². The number of aromatic nitrogens is 1. The minimum Gasteiger partial charge on any atom is -0.494 e. The van der Waals surface area contributed by atoms with Crippen molar-refractivity contribution in [1.82, 2.24) is 4.98 Å². The van der Waals surface area contributed by atoms with Crippen LogP contribution in [0, 0.1) is 0 Å². The van der Waals surface area contributed by atoms with Gasteiger partial charge in [-0.2, -0.15) is 0 Å². The molecule has 2 aromatic carbocycles. The molecule has 0 amide bonds. The summed E-state index contributed by atoms with van der Waals surface area (Å²) in [5, 5.41) is 0. The van der Waals surface area contributed by atoms with Crippen molar-refractivity contribution in [3.8, 4) is 28.5 Å². The Balaban J connectivity index is 1.26. The largest absolute Gasteiger partial charge is 0.494 e. The van der Waals surface area contributed by atoms with Crippen LogP contribution in [-0.2, 0) is 9.53 Å². The Kier molecular flexibility index (Phi) is 14.0. The number of unbranched alkanes of at least 4 members (excludes halogenated alkanes) is 8. The summed E-state index contributed by atoms with van der Waals surface area (Å²) in [6.07, 6.45) is 13.1. The van der Waals surface area contributed by atoms with Crippen molar-refractivity contribution < 1.29 is 28.5 Å². The molecular weight excluding hydrogens is 518 g/mol. The molecule has 7 heteroatoms. The Hall–Kier alpha value is -4.13. The van der Waals surface area contributed by atoms with Crippen LogP contribution in [0.5, 0.6) is 17.2 Å². The van der Waals surface area contributed by atoms with Gasteiger partial charge in [-0.1, -0.05) is 51.5 Å². The first-order valence-electron chi connectivity index (χ1n) is 14.5. The van der Waals surface area contributed by atoms with Gasteiger partial charge in [0.25, 0.3) is 0 Å². The molecule has 0 atom stereocenters. The van der Waals surface area contributed by atoms with Gasteiger partial charge in [-0.25, -0.2) is 9.59 Å². The number of hydrogen-bond acceptors (Lipinski definition) is 7. The van der Waals surface area contributed by atoms with E-state index in [2.05, 4.69) is 11.6 Å². The maximum Gasteiger partial charge on any atom is 0.343 e. The zero-order valence-electron chi connectivity index (χ0n) is 24.0. The topological polar surface area (TPSA) is 84.0 Å². The quantitative estimate of drug-likeness (QED) is 0.0637. The van der Waals surface area contributed by atoms with Gasteiger partial charge < -0.3 is 18.9 Å². The van der Waals surface area contributed by atoms with E-state index in [1.807, 2.05) is 31.2 Å². The van der Waals surface area contributed by atoms with E-state index in [9.17, 15) is 9.59 Å². The Morgan fingerprint density at radius 2 is 1.29 bits per heavy atom. The first-order valence-corrected chi connectivity index (χ1v) is 14.5. The van der Waals surface area contributed by atoms with E-state index in [0.717, 1.165) is 48.4 Å². The molecule has 0 aliphatic carbocycles. The number of esters is 2. The normalized spacial score (nSPS) is 10.6. The highest BCUT2D eigenvalue weighted by Gasteiger charge is 2.10. The van der Waals surface area contributed by atoms with Crippen LogP contribution in [-0.4, -0.2) is 36.7 Å². The molecule has 0 aliphatic heterocycles. The van der Waals surface area contributed by atoms with Gasteiger partial charge >= 0.3 is 11.9 Å². The molecule has 0 aliphatic rings. The van der Waals surface area contributed by atoms with Crippen molar-refractivity contribution in [2.45, 2.75) is 64.7 Å². The van der Waals surface area contributed by atoms with Crippen LogP contribution in [0.1, 0.15) is 75.1 Å². The molecule has 41 heavy (non-hydrogen) atoms. The summed E-state index contributed by atoms with van der Waals surface area (Å²) in [4.78, 5) is 28.0. The van der Waals surface area contributed by atoms with Crippen molar-refractivity contribution >= 4 is 11.9 Å². The summed E-state index contributed by atoms with van der Waals surface area (Å²) in [6.45, 7) is 7.05. The lowest BCUT2D eigenvalue weighted by molar-refractivity contribution is -0.137. The minimum absolute atomic E-state index is 0.344. The molecule has 0 radical (unpaired) electrons. The lowest BCUT2D eigenvalue weighted by atomic mass is 10.1. The lowest BCUT2D eigenvalue weighted by Crippen LogP contribution is -2.08. The van der Waals surface area contributed by atoms with Gasteiger partial charge in [-0.05, 0) is 80.4 Å². The van der Waals surface area contributed by atoms with Gasteiger partial charge in [0, 0.05) is 11.6 Å². The number of benzene rings is 2. The highest BCUT2D eigenvalue weighted by Crippen LogP contribution is 2.23. The smallest absolute Gasteiger partial charge is 0.343 e. The number of hydrogen-bond donors (Lipinski definition) is 0. The number of pyridine rings is 1. The highest BCUT2D eigenvalue weighted by atomic mass is 16.5. The Labute approximate surface area is 243 Å². The molecule has 0 saturated heterocycles. The summed E-state index contributed by atoms with van der Waals surface area (Å²) in [7, 11) is 0. The van der Waals surface area contributed by atoms with Crippen molar-refractivity contribution in [3.63, 3.8) is 0 Å². The number of carbonyl (C=O) groups excluding carboxylic acids is 2. The molecule has 0 N–H and O–H groups in total. The van der Waals surface area contributed by atoms with E-state index < -0.39 is 5.97 Å². The average Bonchev–Trinajstić information content (AvgIpc) is 3.00. The summed E-state index contributed by atoms with van der Waals surface area (Å²) in [5.74, 6) is 1.18. The average molecular weight is 560 g/mol. The van der Waals surface area contributed by atoms with E-state index in [-0.39, 0.29) is 5.97 Å². The van der Waals surface area contributed by atoms with Crippen molar-refractivity contribution in [2.24, 2.45) is 0 Å². The van der Waals surface area contributed by atoms with Crippen molar-refractivity contribution in [3.05, 3.63) is 85.1 Å². The number of rotatable bonds is 19. The predicted octanol–water partition coefficient (Wildman–Crippen LogP) is 7.99.